The number of aromatic nitrogens is 1. The van der Waals surface area contributed by atoms with Crippen LogP contribution in [-0.2, 0) is 0 Å². The number of piperazine rings is 1. The highest BCUT2D eigenvalue weighted by Gasteiger charge is 2.32. The number of halogens is 1. The third-order valence-corrected chi connectivity index (χ3v) is 5.84. The lowest BCUT2D eigenvalue weighted by molar-refractivity contribution is 0.173. The van der Waals surface area contributed by atoms with Gasteiger partial charge in [-0.1, -0.05) is 29.8 Å². The number of nitrogens with zero attached hydrogens (tertiary/aromatic N) is 4. The Morgan fingerprint density at radius 2 is 1.97 bits per heavy atom. The van der Waals surface area contributed by atoms with E-state index in [4.69, 9.17) is 16.9 Å². The molecule has 2 amide bonds. The zero-order valence-corrected chi connectivity index (χ0v) is 17.6. The minimum atomic E-state index is -0.134. The standard InChI is InChI=1S/C23H22ClN5O/c1-15-14-29(16(2)13-28(15)19-9-8-18(12-25)20(24)11-19)23(30)27-21-7-3-5-17-6-4-10-26-22(17)21/h3-11,15-16H,13-14H2,1-2H3,(H,27,30)/t15-,16+/m0/s1. The molecule has 2 heterocycles. The fraction of sp³-hybridized carbons (Fsp3) is 0.261. The number of nitrogens with one attached hydrogen (secondary N) is 1. The van der Waals surface area contributed by atoms with Crippen molar-refractivity contribution >= 4 is 39.9 Å². The molecule has 7 heteroatoms. The van der Waals surface area contributed by atoms with Crippen LogP contribution in [0.4, 0.5) is 16.2 Å². The maximum atomic E-state index is 13.1. The number of carbonyl (C=O) groups is 1. The van der Waals surface area contributed by atoms with Crippen LogP contribution >= 0.6 is 11.6 Å². The summed E-state index contributed by atoms with van der Waals surface area (Å²) >= 11 is 6.22. The summed E-state index contributed by atoms with van der Waals surface area (Å²) < 4.78 is 0. The summed E-state index contributed by atoms with van der Waals surface area (Å²) in [7, 11) is 0. The number of anilines is 2. The molecule has 30 heavy (non-hydrogen) atoms. The van der Waals surface area contributed by atoms with E-state index in [9.17, 15) is 4.79 Å². The Kier molecular flexibility index (Phi) is 5.47. The van der Waals surface area contributed by atoms with E-state index in [2.05, 4.69) is 28.2 Å². The summed E-state index contributed by atoms with van der Waals surface area (Å²) in [5.74, 6) is 0. The van der Waals surface area contributed by atoms with Crippen LogP contribution in [0.5, 0.6) is 0 Å². The molecule has 2 aromatic carbocycles. The number of fused-ring (bicyclic) bond motifs is 1. The van der Waals surface area contributed by atoms with Crippen LogP contribution in [0, 0.1) is 11.3 Å². The number of benzene rings is 2. The van der Waals surface area contributed by atoms with Gasteiger partial charge in [0.1, 0.15) is 6.07 Å². The second-order valence-corrected chi connectivity index (χ2v) is 8.00. The number of carbonyl (C=O) groups excluding carboxylic acids is 1. The average molecular weight is 420 g/mol. The Hall–Kier alpha value is -3.30. The van der Waals surface area contributed by atoms with Crippen molar-refractivity contribution in [3.05, 3.63) is 65.3 Å². The molecule has 1 aliphatic heterocycles. The summed E-state index contributed by atoms with van der Waals surface area (Å²) in [6, 6.07) is 17.1. The largest absolute Gasteiger partial charge is 0.365 e. The lowest BCUT2D eigenvalue weighted by Gasteiger charge is -2.45. The summed E-state index contributed by atoms with van der Waals surface area (Å²) in [4.78, 5) is 21.5. The maximum absolute atomic E-state index is 13.1. The number of rotatable bonds is 2. The molecule has 0 bridgehead atoms. The first kappa shape index (κ1) is 20.0. The van der Waals surface area contributed by atoms with Crippen LogP contribution < -0.4 is 10.2 Å². The Morgan fingerprint density at radius 1 is 1.17 bits per heavy atom. The number of pyridine rings is 1. The molecule has 6 nitrogen and oxygen atoms in total. The Bertz CT molecular complexity index is 1140. The summed E-state index contributed by atoms with van der Waals surface area (Å²) in [5.41, 5.74) is 2.90. The van der Waals surface area contributed by atoms with Crippen molar-refractivity contribution in [2.45, 2.75) is 25.9 Å². The predicted molar refractivity (Wildman–Crippen MR) is 120 cm³/mol. The lowest BCUT2D eigenvalue weighted by atomic mass is 10.1. The van der Waals surface area contributed by atoms with Crippen molar-refractivity contribution in [3.8, 4) is 6.07 Å². The van der Waals surface area contributed by atoms with Gasteiger partial charge in [-0.15, -0.1) is 0 Å². The van der Waals surface area contributed by atoms with Gasteiger partial charge in [-0.25, -0.2) is 4.79 Å². The van der Waals surface area contributed by atoms with Gasteiger partial charge in [-0.2, -0.15) is 5.26 Å². The van der Waals surface area contributed by atoms with Crippen molar-refractivity contribution in [1.82, 2.24) is 9.88 Å². The van der Waals surface area contributed by atoms with E-state index < -0.39 is 0 Å². The van der Waals surface area contributed by atoms with E-state index in [0.717, 1.165) is 16.6 Å². The van der Waals surface area contributed by atoms with Gasteiger partial charge >= 0.3 is 6.03 Å². The maximum Gasteiger partial charge on any atom is 0.322 e. The van der Waals surface area contributed by atoms with E-state index in [1.165, 1.54) is 0 Å². The Balaban J connectivity index is 1.51. The second kappa shape index (κ2) is 8.21. The van der Waals surface area contributed by atoms with Crippen molar-refractivity contribution < 1.29 is 4.79 Å². The number of hydrogen-bond acceptors (Lipinski definition) is 4. The zero-order chi connectivity index (χ0) is 21.3. The van der Waals surface area contributed by atoms with Gasteiger partial charge in [0.2, 0.25) is 0 Å². The lowest BCUT2D eigenvalue weighted by Crippen LogP contribution is -2.59. The quantitative estimate of drug-likeness (QED) is 0.641. The first-order valence-corrected chi connectivity index (χ1v) is 10.2. The minimum absolute atomic E-state index is 0.00134. The van der Waals surface area contributed by atoms with Crippen LogP contribution in [0.25, 0.3) is 10.9 Å². The predicted octanol–water partition coefficient (Wildman–Crippen LogP) is 4.89. The highest BCUT2D eigenvalue weighted by Crippen LogP contribution is 2.28. The van der Waals surface area contributed by atoms with Gasteiger partial charge in [0.25, 0.3) is 0 Å². The topological polar surface area (TPSA) is 72.3 Å². The third-order valence-electron chi connectivity index (χ3n) is 5.53. The van der Waals surface area contributed by atoms with Gasteiger partial charge in [0, 0.05) is 42.4 Å². The van der Waals surface area contributed by atoms with Crippen molar-refractivity contribution in [2.24, 2.45) is 0 Å². The summed E-state index contributed by atoms with van der Waals surface area (Å²) in [5, 5.41) is 13.6. The molecule has 0 saturated carbocycles. The number of para-hydroxylation sites is 1. The van der Waals surface area contributed by atoms with E-state index in [1.807, 2.05) is 54.3 Å². The van der Waals surface area contributed by atoms with Gasteiger partial charge in [0.15, 0.2) is 0 Å². The Labute approximate surface area is 180 Å². The SMILES string of the molecule is C[C@@H]1CN(c2ccc(C#N)c(Cl)c2)[C@@H](C)CN1C(=O)Nc1cccc2cccnc12. The van der Waals surface area contributed by atoms with Crippen LogP contribution in [0.15, 0.2) is 54.7 Å². The highest BCUT2D eigenvalue weighted by atomic mass is 35.5. The van der Waals surface area contributed by atoms with Crippen LogP contribution in [0.1, 0.15) is 19.4 Å². The molecule has 4 rings (SSSR count). The molecule has 0 spiro atoms. The first-order chi connectivity index (χ1) is 14.5. The number of amides is 2. The fourth-order valence-electron chi connectivity index (χ4n) is 3.93. The van der Waals surface area contributed by atoms with Crippen LogP contribution in [0.2, 0.25) is 5.02 Å². The summed E-state index contributed by atoms with van der Waals surface area (Å²) in [6.45, 7) is 5.36. The molecule has 3 aromatic rings. The summed E-state index contributed by atoms with van der Waals surface area (Å²) in [6.07, 6.45) is 1.73. The van der Waals surface area contributed by atoms with Gasteiger partial charge in [-0.3, -0.25) is 4.98 Å². The van der Waals surface area contributed by atoms with Crippen molar-refractivity contribution in [3.63, 3.8) is 0 Å². The highest BCUT2D eigenvalue weighted by molar-refractivity contribution is 6.32. The zero-order valence-electron chi connectivity index (χ0n) is 16.8. The first-order valence-electron chi connectivity index (χ1n) is 9.85. The molecule has 152 valence electrons. The molecule has 1 N–H and O–H groups in total. The van der Waals surface area contributed by atoms with E-state index in [-0.39, 0.29) is 18.1 Å². The third kappa shape index (κ3) is 3.77. The molecule has 1 saturated heterocycles. The molecule has 1 aliphatic rings. The minimum Gasteiger partial charge on any atom is -0.365 e. The average Bonchev–Trinajstić information content (AvgIpc) is 2.75. The van der Waals surface area contributed by atoms with E-state index in [1.54, 1.807) is 12.3 Å². The molecule has 1 aromatic heterocycles. The molecule has 0 aliphatic carbocycles. The van der Waals surface area contributed by atoms with Crippen LogP contribution in [0.3, 0.4) is 0 Å². The monoisotopic (exact) mass is 419 g/mol. The molecule has 0 radical (unpaired) electrons. The number of urea groups is 1. The number of hydrogen-bond donors (Lipinski definition) is 1. The molecular formula is C23H22ClN5O. The van der Waals surface area contributed by atoms with Gasteiger partial charge in [-0.05, 0) is 44.2 Å². The molecule has 2 atom stereocenters. The number of nitriles is 1. The molecular weight excluding hydrogens is 398 g/mol. The Morgan fingerprint density at radius 3 is 2.73 bits per heavy atom. The fourth-order valence-corrected chi connectivity index (χ4v) is 4.15. The van der Waals surface area contributed by atoms with E-state index >= 15 is 0 Å². The van der Waals surface area contributed by atoms with Crippen LogP contribution in [-0.4, -0.2) is 41.1 Å². The molecule has 0 unspecified atom stereocenters. The van der Waals surface area contributed by atoms with Gasteiger partial charge in [0.05, 0.1) is 21.8 Å². The smallest absolute Gasteiger partial charge is 0.322 e. The normalized spacial score (nSPS) is 18.9. The van der Waals surface area contributed by atoms with Crippen molar-refractivity contribution in [2.75, 3.05) is 23.3 Å². The second-order valence-electron chi connectivity index (χ2n) is 7.59. The molecule has 1 fully saturated rings. The van der Waals surface area contributed by atoms with Crippen molar-refractivity contribution in [1.29, 1.82) is 5.26 Å². The van der Waals surface area contributed by atoms with Gasteiger partial charge < -0.3 is 15.1 Å². The van der Waals surface area contributed by atoms with E-state index in [0.29, 0.717) is 29.4 Å².